The maximum absolute atomic E-state index is 13.6. The molecule has 0 saturated carbocycles. The third kappa shape index (κ3) is 6.09. The summed E-state index contributed by atoms with van der Waals surface area (Å²) < 4.78 is 45.4. The van der Waals surface area contributed by atoms with Crippen LogP contribution < -0.4 is 10.5 Å². The first kappa shape index (κ1) is 18.0. The molecule has 120 valence electrons. The van der Waals surface area contributed by atoms with Gasteiger partial charge >= 0.3 is 0 Å². The molecule has 5 nitrogen and oxygen atoms in total. The molecule has 7 heteroatoms. The van der Waals surface area contributed by atoms with Gasteiger partial charge in [-0.15, -0.1) is 0 Å². The summed E-state index contributed by atoms with van der Waals surface area (Å²) in [6.45, 7) is 3.60. The number of ether oxygens (including phenoxy) is 1. The molecule has 3 N–H and O–H groups in total. The van der Waals surface area contributed by atoms with Crippen molar-refractivity contribution in [2.45, 2.75) is 37.6 Å². The third-order valence-corrected chi connectivity index (χ3v) is 4.40. The van der Waals surface area contributed by atoms with Crippen molar-refractivity contribution in [2.75, 3.05) is 19.8 Å². The zero-order valence-corrected chi connectivity index (χ0v) is 13.1. The molecule has 0 spiro atoms. The van der Waals surface area contributed by atoms with Crippen molar-refractivity contribution >= 4 is 10.0 Å². The first-order valence-corrected chi connectivity index (χ1v) is 8.55. The van der Waals surface area contributed by atoms with Crippen molar-refractivity contribution in [2.24, 2.45) is 5.73 Å². The van der Waals surface area contributed by atoms with Gasteiger partial charge < -0.3 is 10.5 Å². The van der Waals surface area contributed by atoms with Gasteiger partial charge in [0.05, 0.1) is 0 Å². The lowest BCUT2D eigenvalue weighted by Gasteiger charge is -2.09. The minimum Gasteiger partial charge on any atom is -0.381 e. The molecule has 0 aliphatic rings. The molecule has 0 amide bonds. The zero-order valence-electron chi connectivity index (χ0n) is 12.3. The predicted molar refractivity (Wildman–Crippen MR) is 79.8 cm³/mol. The molecule has 1 rings (SSSR count). The van der Waals surface area contributed by atoms with Gasteiger partial charge in [0.25, 0.3) is 0 Å². The van der Waals surface area contributed by atoms with Crippen molar-refractivity contribution in [3.8, 4) is 0 Å². The van der Waals surface area contributed by atoms with E-state index in [0.717, 1.165) is 18.9 Å². The van der Waals surface area contributed by atoms with Crippen LogP contribution in [0.1, 0.15) is 31.7 Å². The van der Waals surface area contributed by atoms with Crippen LogP contribution in [0.3, 0.4) is 0 Å². The Bertz CT molecular complexity index is 535. The molecular formula is C14H23FN2O3S. The summed E-state index contributed by atoms with van der Waals surface area (Å²) in [7, 11) is -3.86. The monoisotopic (exact) mass is 318 g/mol. The Labute approximate surface area is 125 Å². The normalized spacial score (nSPS) is 11.8. The summed E-state index contributed by atoms with van der Waals surface area (Å²) in [6.07, 6.45) is 2.59. The Hall–Kier alpha value is -1.02. The summed E-state index contributed by atoms with van der Waals surface area (Å²) in [5.41, 5.74) is 6.01. The van der Waals surface area contributed by atoms with Crippen LogP contribution in [0.4, 0.5) is 4.39 Å². The smallest absolute Gasteiger partial charge is 0.243 e. The summed E-state index contributed by atoms with van der Waals surface area (Å²) >= 11 is 0. The fourth-order valence-electron chi connectivity index (χ4n) is 1.69. The van der Waals surface area contributed by atoms with E-state index in [2.05, 4.69) is 11.6 Å². The lowest BCUT2D eigenvalue weighted by molar-refractivity contribution is 0.130. The highest BCUT2D eigenvalue weighted by Gasteiger charge is 2.18. The van der Waals surface area contributed by atoms with Crippen LogP contribution in [-0.4, -0.2) is 28.2 Å². The largest absolute Gasteiger partial charge is 0.381 e. The molecule has 0 heterocycles. The summed E-state index contributed by atoms with van der Waals surface area (Å²) in [5, 5.41) is 0. The average Bonchev–Trinajstić information content (AvgIpc) is 2.46. The molecule has 0 radical (unpaired) electrons. The average molecular weight is 318 g/mol. The van der Waals surface area contributed by atoms with Gasteiger partial charge in [0.1, 0.15) is 10.7 Å². The van der Waals surface area contributed by atoms with Gasteiger partial charge in [0.2, 0.25) is 10.0 Å². The highest BCUT2D eigenvalue weighted by Crippen LogP contribution is 2.16. The second-order valence-corrected chi connectivity index (χ2v) is 6.42. The number of sulfonamides is 1. The first-order valence-electron chi connectivity index (χ1n) is 7.07. The standard InChI is InChI=1S/C14H23FN2O3S/c1-2-3-8-20-9-4-7-17-21(18,19)14-10-12(11-16)5-6-13(14)15/h5-6,10,17H,2-4,7-9,11,16H2,1H3. The number of benzene rings is 1. The number of unbranched alkanes of at least 4 members (excludes halogenated alkanes) is 1. The second-order valence-electron chi connectivity index (χ2n) is 4.69. The Morgan fingerprint density at radius 2 is 2.00 bits per heavy atom. The molecule has 0 unspecified atom stereocenters. The van der Waals surface area contributed by atoms with Gasteiger partial charge in [0, 0.05) is 26.3 Å². The molecule has 1 aromatic carbocycles. The molecule has 1 aromatic rings. The van der Waals surface area contributed by atoms with E-state index in [0.29, 0.717) is 25.2 Å². The number of nitrogens with one attached hydrogen (secondary N) is 1. The highest BCUT2D eigenvalue weighted by atomic mass is 32.2. The molecule has 0 fully saturated rings. The minimum absolute atomic E-state index is 0.161. The summed E-state index contributed by atoms with van der Waals surface area (Å²) in [4.78, 5) is -0.364. The molecular weight excluding hydrogens is 295 g/mol. The van der Waals surface area contributed by atoms with Gasteiger partial charge in [-0.25, -0.2) is 17.5 Å². The number of rotatable bonds is 10. The fourth-order valence-corrected chi connectivity index (χ4v) is 2.89. The van der Waals surface area contributed by atoms with Crippen LogP contribution in [0.2, 0.25) is 0 Å². The molecule has 0 aliphatic heterocycles. The number of halogens is 1. The maximum Gasteiger partial charge on any atom is 0.243 e. The van der Waals surface area contributed by atoms with E-state index in [1.807, 2.05) is 0 Å². The van der Waals surface area contributed by atoms with Crippen molar-refractivity contribution in [1.29, 1.82) is 0 Å². The maximum atomic E-state index is 13.6. The van der Waals surface area contributed by atoms with Gasteiger partial charge in [-0.2, -0.15) is 0 Å². The van der Waals surface area contributed by atoms with E-state index in [9.17, 15) is 12.8 Å². The van der Waals surface area contributed by atoms with Crippen LogP contribution in [0.25, 0.3) is 0 Å². The molecule has 0 aromatic heterocycles. The number of nitrogens with two attached hydrogens (primary N) is 1. The Kier molecular flexibility index (Phi) is 7.81. The highest BCUT2D eigenvalue weighted by molar-refractivity contribution is 7.89. The van der Waals surface area contributed by atoms with Crippen LogP contribution in [0.15, 0.2) is 23.1 Å². The van der Waals surface area contributed by atoms with E-state index in [1.54, 1.807) is 0 Å². The Morgan fingerprint density at radius 3 is 2.67 bits per heavy atom. The van der Waals surface area contributed by atoms with E-state index in [1.165, 1.54) is 12.1 Å². The number of hydrogen-bond acceptors (Lipinski definition) is 4. The summed E-state index contributed by atoms with van der Waals surface area (Å²) in [5.74, 6) is -0.779. The molecule has 0 aliphatic carbocycles. The van der Waals surface area contributed by atoms with Crippen molar-refractivity contribution in [3.63, 3.8) is 0 Å². The van der Waals surface area contributed by atoms with E-state index in [-0.39, 0.29) is 18.0 Å². The van der Waals surface area contributed by atoms with Gasteiger partial charge in [-0.05, 0) is 30.5 Å². The molecule has 0 bridgehead atoms. The van der Waals surface area contributed by atoms with Crippen molar-refractivity contribution in [3.05, 3.63) is 29.6 Å². The molecule has 0 atom stereocenters. The van der Waals surface area contributed by atoms with E-state index >= 15 is 0 Å². The van der Waals surface area contributed by atoms with Crippen molar-refractivity contribution in [1.82, 2.24) is 4.72 Å². The van der Waals surface area contributed by atoms with Crippen LogP contribution >= 0.6 is 0 Å². The second kappa shape index (κ2) is 9.09. The van der Waals surface area contributed by atoms with E-state index in [4.69, 9.17) is 10.5 Å². The van der Waals surface area contributed by atoms with Crippen molar-refractivity contribution < 1.29 is 17.5 Å². The zero-order chi connectivity index (χ0) is 15.7. The Balaban J connectivity index is 2.50. The first-order chi connectivity index (χ1) is 10.0. The number of hydrogen-bond donors (Lipinski definition) is 2. The third-order valence-electron chi connectivity index (χ3n) is 2.92. The summed E-state index contributed by atoms with van der Waals surface area (Å²) in [6, 6.07) is 3.84. The minimum atomic E-state index is -3.86. The Morgan fingerprint density at radius 1 is 1.29 bits per heavy atom. The lowest BCUT2D eigenvalue weighted by atomic mass is 10.2. The SMILES string of the molecule is CCCCOCCCNS(=O)(=O)c1cc(CN)ccc1F. The molecule has 0 saturated heterocycles. The van der Waals surface area contributed by atoms with E-state index < -0.39 is 15.8 Å². The fraction of sp³-hybridized carbons (Fsp3) is 0.571. The molecule has 21 heavy (non-hydrogen) atoms. The predicted octanol–water partition coefficient (Wildman–Crippen LogP) is 1.77. The van der Waals surface area contributed by atoms with Gasteiger partial charge in [-0.3, -0.25) is 0 Å². The van der Waals surface area contributed by atoms with Crippen LogP contribution in [0.5, 0.6) is 0 Å². The topological polar surface area (TPSA) is 81.4 Å². The van der Waals surface area contributed by atoms with Crippen LogP contribution in [0, 0.1) is 5.82 Å². The van der Waals surface area contributed by atoms with Gasteiger partial charge in [-0.1, -0.05) is 19.4 Å². The van der Waals surface area contributed by atoms with Crippen LogP contribution in [-0.2, 0) is 21.3 Å². The van der Waals surface area contributed by atoms with Gasteiger partial charge in [0.15, 0.2) is 0 Å². The lowest BCUT2D eigenvalue weighted by Crippen LogP contribution is -2.26. The quantitative estimate of drug-likeness (QED) is 0.644.